The molecule has 1 N–H and O–H groups in total. The Hall–Kier alpha value is -2.17. The minimum absolute atomic E-state index is 0.225. The molecule has 2 rings (SSSR count). The van der Waals surface area contributed by atoms with Crippen LogP contribution in [0.4, 0.5) is 0 Å². The topological polar surface area (TPSA) is 74.7 Å². The van der Waals surface area contributed by atoms with E-state index in [9.17, 15) is 19.5 Å². The van der Waals surface area contributed by atoms with Crippen LogP contribution < -0.4 is 0 Å². The first-order valence-electron chi connectivity index (χ1n) is 5.74. The van der Waals surface area contributed by atoms with Crippen LogP contribution in [0.1, 0.15) is 30.9 Å². The van der Waals surface area contributed by atoms with Crippen molar-refractivity contribution in [2.45, 2.75) is 25.3 Å². The van der Waals surface area contributed by atoms with Crippen LogP contribution in [0.2, 0.25) is 0 Å². The molecular weight excluding hydrogens is 234 g/mol. The Labute approximate surface area is 104 Å². The number of rotatable bonds is 3. The van der Waals surface area contributed by atoms with Crippen LogP contribution in [0.3, 0.4) is 0 Å². The van der Waals surface area contributed by atoms with Crippen LogP contribution in [0.15, 0.2) is 30.3 Å². The molecule has 18 heavy (non-hydrogen) atoms. The van der Waals surface area contributed by atoms with E-state index in [-0.39, 0.29) is 12.8 Å². The Kier molecular flexibility index (Phi) is 3.41. The number of hydrogen-bond acceptors (Lipinski definition) is 3. The van der Waals surface area contributed by atoms with Gasteiger partial charge in [-0.05, 0) is 12.0 Å². The van der Waals surface area contributed by atoms with Gasteiger partial charge in [0.15, 0.2) is 6.04 Å². The maximum Gasteiger partial charge on any atom is 0.331 e. The zero-order valence-corrected chi connectivity index (χ0v) is 9.70. The SMILES string of the molecule is O=C(O)C(c1ccccc1)N1C(=O)CCCC1=O. The second-order valence-electron chi connectivity index (χ2n) is 4.16. The van der Waals surface area contributed by atoms with E-state index in [0.29, 0.717) is 12.0 Å². The third kappa shape index (κ3) is 2.25. The molecule has 0 aliphatic carbocycles. The van der Waals surface area contributed by atoms with E-state index in [1.807, 2.05) is 0 Å². The molecule has 1 aromatic rings. The van der Waals surface area contributed by atoms with Crippen LogP contribution in [0.5, 0.6) is 0 Å². The molecule has 0 spiro atoms. The fourth-order valence-corrected chi connectivity index (χ4v) is 2.10. The number of aliphatic carboxylic acids is 1. The summed E-state index contributed by atoms with van der Waals surface area (Å²) in [6, 6.07) is 7.12. The highest BCUT2D eigenvalue weighted by molar-refractivity contribution is 6.01. The lowest BCUT2D eigenvalue weighted by atomic mass is 10.0. The molecule has 0 aromatic heterocycles. The molecule has 1 aliphatic rings. The van der Waals surface area contributed by atoms with Crippen molar-refractivity contribution in [3.8, 4) is 0 Å². The van der Waals surface area contributed by atoms with Crippen molar-refractivity contribution in [1.29, 1.82) is 0 Å². The number of carbonyl (C=O) groups excluding carboxylic acids is 2. The van der Waals surface area contributed by atoms with Crippen LogP contribution in [0, 0.1) is 0 Å². The molecule has 2 amide bonds. The Bertz CT molecular complexity index is 467. The first-order chi connectivity index (χ1) is 8.61. The van der Waals surface area contributed by atoms with Crippen LogP contribution in [0.25, 0.3) is 0 Å². The lowest BCUT2D eigenvalue weighted by molar-refractivity contribution is -0.160. The summed E-state index contributed by atoms with van der Waals surface area (Å²) in [5.74, 6) is -2.02. The van der Waals surface area contributed by atoms with Crippen LogP contribution in [-0.2, 0) is 14.4 Å². The lowest BCUT2D eigenvalue weighted by Crippen LogP contribution is -2.45. The number of hydrogen-bond donors (Lipinski definition) is 1. The summed E-state index contributed by atoms with van der Waals surface area (Å²) in [4.78, 5) is 35.8. The number of carboxylic acids is 1. The maximum absolute atomic E-state index is 11.8. The van der Waals surface area contributed by atoms with Gasteiger partial charge in [0.2, 0.25) is 11.8 Å². The first kappa shape index (κ1) is 12.3. The number of nitrogens with zero attached hydrogens (tertiary/aromatic N) is 1. The Balaban J connectivity index is 2.39. The molecule has 0 radical (unpaired) electrons. The predicted molar refractivity (Wildman–Crippen MR) is 62.5 cm³/mol. The van der Waals surface area contributed by atoms with E-state index >= 15 is 0 Å². The zero-order chi connectivity index (χ0) is 13.1. The number of amides is 2. The van der Waals surface area contributed by atoms with Crippen LogP contribution in [-0.4, -0.2) is 27.8 Å². The second-order valence-corrected chi connectivity index (χ2v) is 4.16. The van der Waals surface area contributed by atoms with Gasteiger partial charge in [-0.25, -0.2) is 4.79 Å². The van der Waals surface area contributed by atoms with E-state index in [0.717, 1.165) is 4.90 Å². The van der Waals surface area contributed by atoms with Crippen molar-refractivity contribution in [2.75, 3.05) is 0 Å². The summed E-state index contributed by atoms with van der Waals surface area (Å²) in [6.07, 6.45) is 0.944. The van der Waals surface area contributed by atoms with Gasteiger partial charge in [0.05, 0.1) is 0 Å². The van der Waals surface area contributed by atoms with Crippen molar-refractivity contribution in [3.63, 3.8) is 0 Å². The van der Waals surface area contributed by atoms with Gasteiger partial charge in [-0.3, -0.25) is 14.5 Å². The molecule has 0 bridgehead atoms. The predicted octanol–water partition coefficient (Wildman–Crippen LogP) is 1.35. The minimum atomic E-state index is -1.22. The number of benzene rings is 1. The Morgan fingerprint density at radius 1 is 1.11 bits per heavy atom. The number of carboxylic acid groups (broad SMARTS) is 1. The highest BCUT2D eigenvalue weighted by atomic mass is 16.4. The third-order valence-electron chi connectivity index (χ3n) is 2.93. The second kappa shape index (κ2) is 5.00. The van der Waals surface area contributed by atoms with Gasteiger partial charge < -0.3 is 5.11 Å². The summed E-state index contributed by atoms with van der Waals surface area (Å²) in [6.45, 7) is 0. The lowest BCUT2D eigenvalue weighted by Gasteiger charge is -2.30. The van der Waals surface area contributed by atoms with E-state index in [2.05, 4.69) is 0 Å². The van der Waals surface area contributed by atoms with Crippen molar-refractivity contribution in [3.05, 3.63) is 35.9 Å². The average molecular weight is 247 g/mol. The highest BCUT2D eigenvalue weighted by Gasteiger charge is 2.37. The third-order valence-corrected chi connectivity index (χ3v) is 2.93. The summed E-state index contributed by atoms with van der Waals surface area (Å²) >= 11 is 0. The number of carbonyl (C=O) groups is 3. The molecule has 1 atom stereocenters. The van der Waals surface area contributed by atoms with E-state index < -0.39 is 23.8 Å². The highest BCUT2D eigenvalue weighted by Crippen LogP contribution is 2.26. The quantitative estimate of drug-likeness (QED) is 0.818. The molecule has 1 unspecified atom stereocenters. The van der Waals surface area contributed by atoms with Gasteiger partial charge in [0, 0.05) is 12.8 Å². The number of imide groups is 1. The van der Waals surface area contributed by atoms with Crippen molar-refractivity contribution < 1.29 is 19.5 Å². The smallest absolute Gasteiger partial charge is 0.331 e. The molecule has 1 aromatic carbocycles. The summed E-state index contributed by atoms with van der Waals surface area (Å²) in [7, 11) is 0. The largest absolute Gasteiger partial charge is 0.479 e. The molecule has 5 heteroatoms. The summed E-state index contributed by atoms with van der Waals surface area (Å²) in [5, 5.41) is 9.27. The Morgan fingerprint density at radius 2 is 1.67 bits per heavy atom. The number of piperidine rings is 1. The normalized spacial score (nSPS) is 17.7. The van der Waals surface area contributed by atoms with Gasteiger partial charge in [0.1, 0.15) is 0 Å². The molecule has 1 fully saturated rings. The molecule has 0 saturated carbocycles. The molecule has 1 heterocycles. The molecule has 1 saturated heterocycles. The summed E-state index contributed by atoms with van der Waals surface area (Å²) in [5.41, 5.74) is 0.439. The van der Waals surface area contributed by atoms with Crippen LogP contribution >= 0.6 is 0 Å². The van der Waals surface area contributed by atoms with Crippen molar-refractivity contribution in [1.82, 2.24) is 4.90 Å². The van der Waals surface area contributed by atoms with Crippen molar-refractivity contribution >= 4 is 17.8 Å². The van der Waals surface area contributed by atoms with Crippen molar-refractivity contribution in [2.24, 2.45) is 0 Å². The van der Waals surface area contributed by atoms with Gasteiger partial charge in [-0.1, -0.05) is 30.3 Å². The monoisotopic (exact) mass is 247 g/mol. The van der Waals surface area contributed by atoms with E-state index in [1.165, 1.54) is 0 Å². The van der Waals surface area contributed by atoms with Gasteiger partial charge in [-0.15, -0.1) is 0 Å². The van der Waals surface area contributed by atoms with Gasteiger partial charge >= 0.3 is 5.97 Å². The molecule has 94 valence electrons. The standard InChI is InChI=1S/C13H13NO4/c15-10-7-4-8-11(16)14(10)12(13(17)18)9-5-2-1-3-6-9/h1-3,5-6,12H,4,7-8H2,(H,17,18). The number of likely N-dealkylation sites (tertiary alicyclic amines) is 1. The van der Waals surface area contributed by atoms with Gasteiger partial charge in [-0.2, -0.15) is 0 Å². The summed E-state index contributed by atoms with van der Waals surface area (Å²) < 4.78 is 0. The molecule has 1 aliphatic heterocycles. The fourth-order valence-electron chi connectivity index (χ4n) is 2.10. The van der Waals surface area contributed by atoms with E-state index in [1.54, 1.807) is 30.3 Å². The molecular formula is C13H13NO4. The Morgan fingerprint density at radius 3 is 2.17 bits per heavy atom. The first-order valence-corrected chi connectivity index (χ1v) is 5.74. The fraction of sp³-hybridized carbons (Fsp3) is 0.308. The average Bonchev–Trinajstić information content (AvgIpc) is 2.34. The zero-order valence-electron chi connectivity index (χ0n) is 9.70. The van der Waals surface area contributed by atoms with Gasteiger partial charge in [0.25, 0.3) is 0 Å². The maximum atomic E-state index is 11.8. The molecule has 5 nitrogen and oxygen atoms in total. The van der Waals surface area contributed by atoms with E-state index in [4.69, 9.17) is 0 Å². The minimum Gasteiger partial charge on any atom is -0.479 e.